The first kappa shape index (κ1) is 13.6. The normalized spacial score (nSPS) is 11.9. The third-order valence-corrected chi connectivity index (χ3v) is 3.17. The predicted octanol–water partition coefficient (Wildman–Crippen LogP) is 3.17. The van der Waals surface area contributed by atoms with Gasteiger partial charge in [-0.15, -0.1) is 0 Å². The topological polar surface area (TPSA) is 52.3 Å². The fourth-order valence-corrected chi connectivity index (χ4v) is 1.93. The highest BCUT2D eigenvalue weighted by atomic mass is 35.5. The highest BCUT2D eigenvalue weighted by Crippen LogP contribution is 2.21. The number of rotatable bonds is 3. The van der Waals surface area contributed by atoms with E-state index in [1.807, 2.05) is 24.3 Å². The number of hydrogen-bond donors (Lipinski definition) is 1. The summed E-state index contributed by atoms with van der Waals surface area (Å²) in [4.78, 5) is 11.3. The van der Waals surface area contributed by atoms with Crippen LogP contribution in [0.3, 0.4) is 0 Å². The number of ether oxygens (including phenoxy) is 1. The molecule has 98 valence electrons. The third-order valence-electron chi connectivity index (χ3n) is 2.92. The summed E-state index contributed by atoms with van der Waals surface area (Å²) in [5, 5.41) is 0.678. The van der Waals surface area contributed by atoms with E-state index in [9.17, 15) is 4.79 Å². The standard InChI is InChI=1S/C15H14ClNO2/c1-19-15(18)12-4-2-10(3-5-12)14(17)11-6-8-13(16)9-7-11/h2-9,14H,17H2,1H3. The van der Waals surface area contributed by atoms with Crippen LogP contribution >= 0.6 is 11.6 Å². The highest BCUT2D eigenvalue weighted by molar-refractivity contribution is 6.30. The molecule has 0 bridgehead atoms. The number of carbonyl (C=O) groups is 1. The second-order valence-electron chi connectivity index (χ2n) is 4.14. The molecule has 2 rings (SSSR count). The summed E-state index contributed by atoms with van der Waals surface area (Å²) in [5.74, 6) is -0.355. The summed E-state index contributed by atoms with van der Waals surface area (Å²) in [5.41, 5.74) is 8.57. The van der Waals surface area contributed by atoms with Gasteiger partial charge in [-0.1, -0.05) is 35.9 Å². The SMILES string of the molecule is COC(=O)c1ccc(C(N)c2ccc(Cl)cc2)cc1. The first-order valence-electron chi connectivity index (χ1n) is 5.81. The van der Waals surface area contributed by atoms with E-state index >= 15 is 0 Å². The van der Waals surface area contributed by atoms with Crippen molar-refractivity contribution >= 4 is 17.6 Å². The Morgan fingerprint density at radius 2 is 1.53 bits per heavy atom. The Labute approximate surface area is 117 Å². The molecule has 0 aliphatic rings. The fourth-order valence-electron chi connectivity index (χ4n) is 1.81. The zero-order chi connectivity index (χ0) is 13.8. The fraction of sp³-hybridized carbons (Fsp3) is 0.133. The van der Waals surface area contributed by atoms with Crippen LogP contribution in [-0.2, 0) is 4.74 Å². The average molecular weight is 276 g/mol. The first-order valence-corrected chi connectivity index (χ1v) is 6.19. The lowest BCUT2D eigenvalue weighted by Gasteiger charge is -2.13. The molecule has 0 aromatic heterocycles. The number of methoxy groups -OCH3 is 1. The van der Waals surface area contributed by atoms with Crippen LogP contribution in [0.4, 0.5) is 0 Å². The van der Waals surface area contributed by atoms with Crippen LogP contribution in [0.15, 0.2) is 48.5 Å². The molecular weight excluding hydrogens is 262 g/mol. The molecule has 3 nitrogen and oxygen atoms in total. The van der Waals surface area contributed by atoms with Gasteiger partial charge in [0.2, 0.25) is 0 Å². The first-order chi connectivity index (χ1) is 9.11. The Hall–Kier alpha value is -1.84. The molecule has 0 saturated carbocycles. The summed E-state index contributed by atoms with van der Waals surface area (Å²) < 4.78 is 4.65. The van der Waals surface area contributed by atoms with Crippen molar-refractivity contribution < 1.29 is 9.53 Å². The summed E-state index contributed by atoms with van der Waals surface area (Å²) >= 11 is 5.84. The van der Waals surface area contributed by atoms with E-state index in [-0.39, 0.29) is 12.0 Å². The van der Waals surface area contributed by atoms with Gasteiger partial charge >= 0.3 is 5.97 Å². The molecule has 0 heterocycles. The van der Waals surface area contributed by atoms with Crippen molar-refractivity contribution in [3.05, 3.63) is 70.2 Å². The average Bonchev–Trinajstić information content (AvgIpc) is 2.46. The summed E-state index contributed by atoms with van der Waals surface area (Å²) in [6.07, 6.45) is 0. The molecule has 4 heteroatoms. The monoisotopic (exact) mass is 275 g/mol. The van der Waals surface area contributed by atoms with Gasteiger partial charge in [0.05, 0.1) is 18.7 Å². The van der Waals surface area contributed by atoms with Crippen molar-refractivity contribution in [1.29, 1.82) is 0 Å². The molecule has 0 amide bonds. The summed E-state index contributed by atoms with van der Waals surface area (Å²) in [6.45, 7) is 0. The maximum Gasteiger partial charge on any atom is 0.337 e. The molecule has 0 fully saturated rings. The lowest BCUT2D eigenvalue weighted by atomic mass is 9.99. The van der Waals surface area contributed by atoms with Gasteiger partial charge in [-0.2, -0.15) is 0 Å². The molecular formula is C15H14ClNO2. The van der Waals surface area contributed by atoms with E-state index in [0.29, 0.717) is 10.6 Å². The maximum atomic E-state index is 11.3. The van der Waals surface area contributed by atoms with Crippen LogP contribution in [0.5, 0.6) is 0 Å². The Morgan fingerprint density at radius 1 is 1.05 bits per heavy atom. The molecule has 2 aromatic rings. The van der Waals surface area contributed by atoms with Gasteiger partial charge in [0.15, 0.2) is 0 Å². The Kier molecular flexibility index (Phi) is 4.20. The number of esters is 1. The second kappa shape index (κ2) is 5.87. The quantitative estimate of drug-likeness (QED) is 0.876. The van der Waals surface area contributed by atoms with Crippen molar-refractivity contribution in [1.82, 2.24) is 0 Å². The zero-order valence-corrected chi connectivity index (χ0v) is 11.2. The number of carbonyl (C=O) groups excluding carboxylic acids is 1. The molecule has 2 N–H and O–H groups in total. The molecule has 1 unspecified atom stereocenters. The van der Waals surface area contributed by atoms with Gasteiger partial charge in [0, 0.05) is 5.02 Å². The van der Waals surface area contributed by atoms with Crippen LogP contribution in [0.1, 0.15) is 27.5 Å². The molecule has 2 aromatic carbocycles. The van der Waals surface area contributed by atoms with Crippen molar-refractivity contribution in [2.45, 2.75) is 6.04 Å². The van der Waals surface area contributed by atoms with E-state index < -0.39 is 0 Å². The van der Waals surface area contributed by atoms with E-state index in [1.54, 1.807) is 24.3 Å². The van der Waals surface area contributed by atoms with Crippen LogP contribution in [-0.4, -0.2) is 13.1 Å². The molecule has 0 aliphatic carbocycles. The van der Waals surface area contributed by atoms with E-state index in [4.69, 9.17) is 17.3 Å². The minimum Gasteiger partial charge on any atom is -0.465 e. The van der Waals surface area contributed by atoms with Crippen LogP contribution in [0, 0.1) is 0 Å². The van der Waals surface area contributed by atoms with Crippen LogP contribution in [0.25, 0.3) is 0 Å². The molecule has 19 heavy (non-hydrogen) atoms. The third kappa shape index (κ3) is 3.13. The highest BCUT2D eigenvalue weighted by Gasteiger charge is 2.10. The lowest BCUT2D eigenvalue weighted by molar-refractivity contribution is 0.0600. The van der Waals surface area contributed by atoms with Gasteiger partial charge in [-0.05, 0) is 35.4 Å². The Balaban J connectivity index is 2.22. The maximum absolute atomic E-state index is 11.3. The van der Waals surface area contributed by atoms with Gasteiger partial charge in [0.25, 0.3) is 0 Å². The molecule has 1 atom stereocenters. The number of hydrogen-bond acceptors (Lipinski definition) is 3. The van der Waals surface area contributed by atoms with E-state index in [2.05, 4.69) is 4.74 Å². The Morgan fingerprint density at radius 3 is 2.00 bits per heavy atom. The number of nitrogens with two attached hydrogens (primary N) is 1. The van der Waals surface area contributed by atoms with Gasteiger partial charge < -0.3 is 10.5 Å². The van der Waals surface area contributed by atoms with Crippen molar-refractivity contribution in [2.24, 2.45) is 5.73 Å². The van der Waals surface area contributed by atoms with Gasteiger partial charge in [-0.3, -0.25) is 0 Å². The molecule has 0 saturated heterocycles. The smallest absolute Gasteiger partial charge is 0.337 e. The second-order valence-corrected chi connectivity index (χ2v) is 4.58. The van der Waals surface area contributed by atoms with Crippen LogP contribution < -0.4 is 5.73 Å². The van der Waals surface area contributed by atoms with E-state index in [0.717, 1.165) is 11.1 Å². The van der Waals surface area contributed by atoms with Crippen molar-refractivity contribution in [3.63, 3.8) is 0 Å². The predicted molar refractivity (Wildman–Crippen MR) is 75.3 cm³/mol. The van der Waals surface area contributed by atoms with Crippen molar-refractivity contribution in [3.8, 4) is 0 Å². The minimum atomic E-state index is -0.355. The largest absolute Gasteiger partial charge is 0.465 e. The lowest BCUT2D eigenvalue weighted by Crippen LogP contribution is -2.12. The van der Waals surface area contributed by atoms with Crippen LogP contribution in [0.2, 0.25) is 5.02 Å². The summed E-state index contributed by atoms with van der Waals surface area (Å²) in [6, 6.07) is 14.2. The van der Waals surface area contributed by atoms with Gasteiger partial charge in [-0.25, -0.2) is 4.79 Å². The Bertz CT molecular complexity index is 564. The van der Waals surface area contributed by atoms with E-state index in [1.165, 1.54) is 7.11 Å². The molecule has 0 spiro atoms. The molecule has 0 aliphatic heterocycles. The zero-order valence-electron chi connectivity index (χ0n) is 10.5. The summed E-state index contributed by atoms with van der Waals surface area (Å²) in [7, 11) is 1.36. The minimum absolute atomic E-state index is 0.246. The number of halogens is 1. The van der Waals surface area contributed by atoms with Crippen molar-refractivity contribution in [2.75, 3.05) is 7.11 Å². The van der Waals surface area contributed by atoms with Gasteiger partial charge in [0.1, 0.15) is 0 Å². The number of benzene rings is 2. The molecule has 0 radical (unpaired) electrons.